The van der Waals surface area contributed by atoms with Gasteiger partial charge in [-0.3, -0.25) is 0 Å². The molecule has 4 saturated carbocycles. The monoisotopic (exact) mass is 845 g/mol. The third-order valence-corrected chi connectivity index (χ3v) is 15.8. The average Bonchev–Trinajstić information content (AvgIpc) is 3.67. The Labute approximate surface area is 387 Å². The Balaban J connectivity index is 0.816. The van der Waals surface area contributed by atoms with E-state index < -0.39 is 0 Å². The predicted octanol–water partition coefficient (Wildman–Crippen LogP) is 15.7. The number of benzene rings is 8. The maximum Gasteiger partial charge on any atom is 0.160 e. The van der Waals surface area contributed by atoms with Crippen molar-refractivity contribution >= 4 is 0 Å². The summed E-state index contributed by atoms with van der Waals surface area (Å²) in [4.78, 5) is 10.1. The molecule has 0 saturated heterocycles. The van der Waals surface area contributed by atoms with Crippen LogP contribution in [0.25, 0.3) is 89.5 Å². The van der Waals surface area contributed by atoms with Crippen LogP contribution >= 0.6 is 0 Å². The lowest BCUT2D eigenvalue weighted by molar-refractivity contribution is -0.0399. The summed E-state index contributed by atoms with van der Waals surface area (Å²) in [7, 11) is 0. The van der Waals surface area contributed by atoms with E-state index in [-0.39, 0.29) is 5.41 Å². The number of fused-ring (bicyclic) bond motifs is 3. The number of hydrogen-bond donors (Lipinski definition) is 0. The topological polar surface area (TPSA) is 49.6 Å². The van der Waals surface area contributed by atoms with Gasteiger partial charge in [-0.05, 0) is 153 Å². The molecule has 14 rings (SSSR count). The zero-order chi connectivity index (χ0) is 43.8. The average molecular weight is 846 g/mol. The third kappa shape index (κ3) is 6.39. The van der Waals surface area contributed by atoms with Gasteiger partial charge in [-0.25, -0.2) is 9.97 Å². The van der Waals surface area contributed by atoms with Crippen LogP contribution in [-0.2, 0) is 5.41 Å². The summed E-state index contributed by atoms with van der Waals surface area (Å²) in [5, 5.41) is 9.29. The summed E-state index contributed by atoms with van der Waals surface area (Å²) in [6, 6.07) is 74.6. The quantitative estimate of drug-likeness (QED) is 0.161. The Hall–Kier alpha value is -7.67. The lowest BCUT2D eigenvalue weighted by Crippen LogP contribution is -2.55. The van der Waals surface area contributed by atoms with Crippen LogP contribution in [0.4, 0.5) is 0 Å². The Morgan fingerprint density at radius 2 is 0.727 bits per heavy atom. The molecular weight excluding hydrogens is 799 g/mol. The molecule has 314 valence electrons. The number of hydrogen-bond acceptors (Lipinski definition) is 3. The van der Waals surface area contributed by atoms with Gasteiger partial charge in [0.1, 0.15) is 0 Å². The minimum atomic E-state index is 0.0560. The molecule has 5 aliphatic carbocycles. The third-order valence-electron chi connectivity index (χ3n) is 15.8. The van der Waals surface area contributed by atoms with E-state index in [1.807, 2.05) is 36.4 Å². The molecule has 0 aliphatic heterocycles. The van der Waals surface area contributed by atoms with Crippen LogP contribution < -0.4 is 0 Å². The Morgan fingerprint density at radius 3 is 1.14 bits per heavy atom. The van der Waals surface area contributed by atoms with Crippen LogP contribution in [0.1, 0.15) is 48.8 Å². The zero-order valence-corrected chi connectivity index (χ0v) is 36.7. The standard InChI is InChI=1S/C63H47N3/c64-39-40-11-13-43(14-12-40)44-15-19-47(20-16-44)52-27-29-56-57-30-28-53(37-59(57)63(58(56)36-52)54-32-41-31-42(34-54)35-55(63)33-41)48-21-17-45(18-22-48)46-23-25-51(26-24-46)62-65-60(49-7-3-1-4-8-49)38-61(66-62)50-9-5-2-6-10-50/h1-30,36-38,41-42,54-55H,31-35H2. The van der Waals surface area contributed by atoms with E-state index in [1.54, 1.807) is 11.1 Å². The van der Waals surface area contributed by atoms with Gasteiger partial charge in [0.25, 0.3) is 0 Å². The van der Waals surface area contributed by atoms with Crippen molar-refractivity contribution in [1.29, 1.82) is 5.26 Å². The summed E-state index contributed by atoms with van der Waals surface area (Å²) in [6.07, 6.45) is 6.85. The molecule has 3 heteroatoms. The fraction of sp³-hybridized carbons (Fsp3) is 0.159. The van der Waals surface area contributed by atoms with Crippen molar-refractivity contribution in [2.24, 2.45) is 23.7 Å². The van der Waals surface area contributed by atoms with E-state index in [2.05, 4.69) is 170 Å². The highest BCUT2D eigenvalue weighted by Crippen LogP contribution is 2.69. The summed E-state index contributed by atoms with van der Waals surface area (Å²) in [5.74, 6) is 3.84. The molecule has 1 spiro atoms. The lowest BCUT2D eigenvalue weighted by atomic mass is 9.43. The molecule has 0 amide bonds. The van der Waals surface area contributed by atoms with E-state index >= 15 is 0 Å². The van der Waals surface area contributed by atoms with Crippen LogP contribution in [-0.4, -0.2) is 9.97 Å². The smallest absolute Gasteiger partial charge is 0.160 e. The Bertz CT molecular complexity index is 3240. The molecule has 5 aliphatic rings. The van der Waals surface area contributed by atoms with Crippen molar-refractivity contribution in [1.82, 2.24) is 9.97 Å². The van der Waals surface area contributed by atoms with E-state index in [1.165, 1.54) is 82.2 Å². The first kappa shape index (κ1) is 38.8. The normalized spacial score (nSPS) is 20.8. The molecule has 0 N–H and O–H groups in total. The van der Waals surface area contributed by atoms with Crippen molar-refractivity contribution in [3.8, 4) is 95.6 Å². The van der Waals surface area contributed by atoms with Crippen molar-refractivity contribution in [2.75, 3.05) is 0 Å². The predicted molar refractivity (Wildman–Crippen MR) is 268 cm³/mol. The number of nitrogens with zero attached hydrogens (tertiary/aromatic N) is 3. The van der Waals surface area contributed by atoms with Gasteiger partial charge in [0, 0.05) is 22.1 Å². The molecule has 66 heavy (non-hydrogen) atoms. The number of rotatable bonds is 7. The summed E-state index contributed by atoms with van der Waals surface area (Å²) in [6.45, 7) is 0. The van der Waals surface area contributed by atoms with E-state index in [4.69, 9.17) is 9.97 Å². The first-order valence-corrected chi connectivity index (χ1v) is 23.7. The number of aromatic nitrogens is 2. The van der Waals surface area contributed by atoms with Gasteiger partial charge >= 0.3 is 0 Å². The molecule has 0 radical (unpaired) electrons. The SMILES string of the molecule is N#Cc1ccc(-c2ccc(-c3ccc4c(c3)C3(c5cc(-c6ccc(-c7ccc(-c8nc(-c9ccccc9)cc(-c9ccccc9)n8)cc7)cc6)ccc5-4)C4CC5CC(C4)CC3C5)cc2)cc1. The van der Waals surface area contributed by atoms with Gasteiger partial charge < -0.3 is 0 Å². The molecule has 1 heterocycles. The van der Waals surface area contributed by atoms with Crippen molar-refractivity contribution in [3.05, 3.63) is 217 Å². The molecular formula is C63H47N3. The van der Waals surface area contributed by atoms with Crippen LogP contribution in [0, 0.1) is 35.0 Å². The van der Waals surface area contributed by atoms with E-state index in [9.17, 15) is 5.26 Å². The summed E-state index contributed by atoms with van der Waals surface area (Å²) in [5.41, 5.74) is 21.5. The highest BCUT2D eigenvalue weighted by molar-refractivity contribution is 5.87. The second-order valence-electron chi connectivity index (χ2n) is 19.3. The molecule has 4 fully saturated rings. The van der Waals surface area contributed by atoms with Gasteiger partial charge in [0.2, 0.25) is 0 Å². The fourth-order valence-electron chi connectivity index (χ4n) is 12.9. The Kier molecular flexibility index (Phi) is 9.10. The van der Waals surface area contributed by atoms with Crippen molar-refractivity contribution < 1.29 is 0 Å². The maximum absolute atomic E-state index is 9.29. The van der Waals surface area contributed by atoms with Crippen LogP contribution in [0.15, 0.2) is 200 Å². The van der Waals surface area contributed by atoms with Crippen LogP contribution in [0.2, 0.25) is 0 Å². The summed E-state index contributed by atoms with van der Waals surface area (Å²) < 4.78 is 0. The first-order valence-electron chi connectivity index (χ1n) is 23.7. The van der Waals surface area contributed by atoms with Gasteiger partial charge in [-0.2, -0.15) is 5.26 Å². The molecule has 1 aromatic heterocycles. The molecule has 4 bridgehead atoms. The lowest BCUT2D eigenvalue weighted by Gasteiger charge is -2.61. The largest absolute Gasteiger partial charge is 0.228 e. The summed E-state index contributed by atoms with van der Waals surface area (Å²) >= 11 is 0. The van der Waals surface area contributed by atoms with Gasteiger partial charge in [0.15, 0.2) is 5.82 Å². The number of nitriles is 1. The first-order chi connectivity index (χ1) is 32.6. The minimum absolute atomic E-state index is 0.0560. The van der Waals surface area contributed by atoms with Gasteiger partial charge in [0.05, 0.1) is 23.0 Å². The zero-order valence-electron chi connectivity index (χ0n) is 36.7. The van der Waals surface area contributed by atoms with Gasteiger partial charge in [-0.1, -0.05) is 170 Å². The van der Waals surface area contributed by atoms with Gasteiger partial charge in [-0.15, -0.1) is 0 Å². The molecule has 9 aromatic rings. The van der Waals surface area contributed by atoms with Crippen molar-refractivity contribution in [3.63, 3.8) is 0 Å². The highest BCUT2D eigenvalue weighted by atomic mass is 14.9. The highest BCUT2D eigenvalue weighted by Gasteiger charge is 2.61. The fourth-order valence-corrected chi connectivity index (χ4v) is 12.9. The molecule has 0 atom stereocenters. The second kappa shape index (κ2) is 15.5. The Morgan fingerprint density at radius 1 is 0.364 bits per heavy atom. The van der Waals surface area contributed by atoms with E-state index in [0.717, 1.165) is 51.3 Å². The maximum atomic E-state index is 9.29. The minimum Gasteiger partial charge on any atom is -0.228 e. The van der Waals surface area contributed by atoms with Crippen LogP contribution in [0.3, 0.4) is 0 Å². The van der Waals surface area contributed by atoms with Crippen molar-refractivity contribution in [2.45, 2.75) is 37.5 Å². The molecule has 8 aromatic carbocycles. The van der Waals surface area contributed by atoms with Crippen LogP contribution in [0.5, 0.6) is 0 Å². The van der Waals surface area contributed by atoms with E-state index in [0.29, 0.717) is 17.4 Å². The molecule has 0 unspecified atom stereocenters. The molecule has 3 nitrogen and oxygen atoms in total. The second-order valence-corrected chi connectivity index (χ2v) is 19.3.